The van der Waals surface area contributed by atoms with Crippen molar-refractivity contribution < 1.29 is 4.42 Å². The molecule has 0 aliphatic heterocycles. The van der Waals surface area contributed by atoms with Crippen LogP contribution < -0.4 is 0 Å². The fourth-order valence-electron chi connectivity index (χ4n) is 8.35. The first-order valence-electron chi connectivity index (χ1n) is 16.6. The molecule has 0 unspecified atom stereocenters. The fraction of sp³-hybridized carbons (Fsp3) is 0.0435. The lowest BCUT2D eigenvalue weighted by atomic mass is 9.78. The van der Waals surface area contributed by atoms with Gasteiger partial charge in [0.1, 0.15) is 11.2 Å². The molecule has 11 rings (SSSR count). The molecule has 1 aliphatic carbocycles. The molecule has 0 spiro atoms. The Morgan fingerprint density at radius 3 is 2.19 bits per heavy atom. The quantitative estimate of drug-likeness (QED) is 0.178. The van der Waals surface area contributed by atoms with Gasteiger partial charge in [0.05, 0.1) is 4.70 Å². The van der Waals surface area contributed by atoms with Gasteiger partial charge in [0.25, 0.3) is 0 Å². The summed E-state index contributed by atoms with van der Waals surface area (Å²) in [7, 11) is 0. The van der Waals surface area contributed by atoms with Crippen molar-refractivity contribution in [2.24, 2.45) is 0 Å². The van der Waals surface area contributed by atoms with Gasteiger partial charge in [0, 0.05) is 31.8 Å². The van der Waals surface area contributed by atoms with E-state index in [1.54, 1.807) is 11.3 Å². The minimum atomic E-state index is 0.947. The number of hydrogen-bond acceptors (Lipinski definition) is 2. The summed E-state index contributed by atoms with van der Waals surface area (Å²) in [5.74, 6) is 0. The van der Waals surface area contributed by atoms with Crippen LogP contribution in [0.4, 0.5) is 0 Å². The Hall–Kier alpha value is -5.88. The zero-order valence-electron chi connectivity index (χ0n) is 25.9. The minimum Gasteiger partial charge on any atom is -0.456 e. The van der Waals surface area contributed by atoms with Crippen molar-refractivity contribution >= 4 is 81.1 Å². The second-order valence-electron chi connectivity index (χ2n) is 12.9. The van der Waals surface area contributed by atoms with Gasteiger partial charge in [-0.2, -0.15) is 0 Å². The Labute approximate surface area is 281 Å². The fourth-order valence-corrected chi connectivity index (χ4v) is 9.38. The Bertz CT molecular complexity index is 2950. The summed E-state index contributed by atoms with van der Waals surface area (Å²) in [6.07, 6.45) is 6.74. The highest BCUT2D eigenvalue weighted by molar-refractivity contribution is 7.25. The van der Waals surface area contributed by atoms with E-state index < -0.39 is 0 Å². The smallest absolute Gasteiger partial charge is 0.136 e. The lowest BCUT2D eigenvalue weighted by molar-refractivity contribution is 0.669. The van der Waals surface area contributed by atoms with Crippen molar-refractivity contribution in [3.63, 3.8) is 0 Å². The Morgan fingerprint density at radius 1 is 0.562 bits per heavy atom. The molecule has 0 N–H and O–H groups in total. The average Bonchev–Trinajstić information content (AvgIpc) is 3.72. The number of furan rings is 1. The molecule has 0 fully saturated rings. The van der Waals surface area contributed by atoms with Crippen LogP contribution in [-0.4, -0.2) is 0 Å². The highest BCUT2D eigenvalue weighted by atomic mass is 32.1. The highest BCUT2D eigenvalue weighted by Crippen LogP contribution is 2.50. The molecule has 10 aromatic rings. The van der Waals surface area contributed by atoms with E-state index in [1.807, 2.05) is 0 Å². The van der Waals surface area contributed by atoms with Crippen LogP contribution in [0.2, 0.25) is 0 Å². The predicted octanol–water partition coefficient (Wildman–Crippen LogP) is 13.3. The molecule has 0 amide bonds. The standard InChI is InChI=1S/C46H26OS/c1-2-14-31(29(12-1)27-23-24-42-37(25-27)30-13-7-8-22-41(30)48-42)44-32-15-3-5-17-34(32)45(35-18-6-4-16-33(35)44)38-26-28-11-9-20-39-43(28)46-36(38)19-10-21-40(46)47-39/h1-3,5-15,17-22,25-26H,4,16H2. The van der Waals surface area contributed by atoms with Crippen LogP contribution in [0.1, 0.15) is 17.5 Å². The van der Waals surface area contributed by atoms with Gasteiger partial charge in [-0.25, -0.2) is 0 Å². The third-order valence-corrected chi connectivity index (χ3v) is 11.4. The van der Waals surface area contributed by atoms with E-state index in [0.29, 0.717) is 0 Å². The summed E-state index contributed by atoms with van der Waals surface area (Å²) in [5.41, 5.74) is 12.0. The van der Waals surface area contributed by atoms with Crippen molar-refractivity contribution in [2.45, 2.75) is 12.8 Å². The lowest BCUT2D eigenvalue weighted by Gasteiger charge is -2.25. The van der Waals surface area contributed by atoms with Crippen LogP contribution >= 0.6 is 11.3 Å². The Kier molecular flexibility index (Phi) is 5.36. The molecule has 1 nitrogen and oxygen atoms in total. The molecular formula is C46H26OS. The monoisotopic (exact) mass is 626 g/mol. The maximum Gasteiger partial charge on any atom is 0.136 e. The van der Waals surface area contributed by atoms with Crippen molar-refractivity contribution in [3.05, 3.63) is 151 Å². The van der Waals surface area contributed by atoms with Crippen molar-refractivity contribution in [1.82, 2.24) is 0 Å². The van der Waals surface area contributed by atoms with Crippen LogP contribution in [-0.2, 0) is 6.42 Å². The summed E-state index contributed by atoms with van der Waals surface area (Å²) < 4.78 is 8.81. The average molecular weight is 627 g/mol. The molecule has 0 saturated carbocycles. The largest absolute Gasteiger partial charge is 0.456 e. The molecule has 0 radical (unpaired) electrons. The van der Waals surface area contributed by atoms with Gasteiger partial charge in [-0.15, -0.1) is 11.3 Å². The molecule has 2 heterocycles. The van der Waals surface area contributed by atoms with E-state index in [9.17, 15) is 0 Å². The third-order valence-electron chi connectivity index (χ3n) is 10.3. The van der Waals surface area contributed by atoms with Crippen molar-refractivity contribution in [1.29, 1.82) is 0 Å². The first-order valence-corrected chi connectivity index (χ1v) is 17.4. The zero-order valence-corrected chi connectivity index (χ0v) is 26.7. The minimum absolute atomic E-state index is 0.947. The molecular weight excluding hydrogens is 601 g/mol. The zero-order chi connectivity index (χ0) is 31.3. The van der Waals surface area contributed by atoms with Gasteiger partial charge in [0.2, 0.25) is 0 Å². The number of rotatable bonds is 3. The first-order chi connectivity index (χ1) is 23.8. The van der Waals surface area contributed by atoms with Gasteiger partial charge in [-0.05, 0) is 110 Å². The van der Waals surface area contributed by atoms with Gasteiger partial charge < -0.3 is 4.42 Å². The normalized spacial score (nSPS) is 13.0. The van der Waals surface area contributed by atoms with E-state index in [-0.39, 0.29) is 0 Å². The van der Waals surface area contributed by atoms with Crippen molar-refractivity contribution in [2.75, 3.05) is 0 Å². The highest BCUT2D eigenvalue weighted by Gasteiger charge is 2.25. The summed E-state index contributed by atoms with van der Waals surface area (Å²) in [4.78, 5) is 0. The van der Waals surface area contributed by atoms with E-state index >= 15 is 0 Å². The third kappa shape index (κ3) is 3.57. The molecule has 8 aromatic carbocycles. The van der Waals surface area contributed by atoms with Crippen LogP contribution in [0.3, 0.4) is 0 Å². The van der Waals surface area contributed by atoms with Gasteiger partial charge in [-0.1, -0.05) is 109 Å². The van der Waals surface area contributed by atoms with Gasteiger partial charge in [0.15, 0.2) is 0 Å². The van der Waals surface area contributed by atoms with Crippen LogP contribution in [0, 0.1) is 12.1 Å². The summed E-state index contributed by atoms with van der Waals surface area (Å²) in [6.45, 7) is 0. The first kappa shape index (κ1) is 26.2. The van der Waals surface area contributed by atoms with E-state index in [1.165, 1.54) is 86.7 Å². The number of thiophene rings is 1. The summed E-state index contributed by atoms with van der Waals surface area (Å²) >= 11 is 1.79. The molecule has 0 saturated heterocycles. The van der Waals surface area contributed by atoms with Gasteiger partial charge >= 0.3 is 0 Å². The second kappa shape index (κ2) is 9.81. The molecule has 1 aliphatic rings. The van der Waals surface area contributed by atoms with E-state index in [2.05, 4.69) is 146 Å². The summed E-state index contributed by atoms with van der Waals surface area (Å²) in [5, 5.41) is 9.97. The number of hydrogen-bond donors (Lipinski definition) is 0. The second-order valence-corrected chi connectivity index (χ2v) is 13.9. The van der Waals surface area contributed by atoms with Gasteiger partial charge in [-0.3, -0.25) is 0 Å². The predicted molar refractivity (Wildman–Crippen MR) is 204 cm³/mol. The number of benzene rings is 7. The molecule has 0 atom stereocenters. The number of fused-ring (bicyclic) bond motifs is 5. The van der Waals surface area contributed by atoms with E-state index in [0.717, 1.165) is 34.3 Å². The molecule has 48 heavy (non-hydrogen) atoms. The molecule has 2 aromatic heterocycles. The molecule has 0 bridgehead atoms. The SMILES string of the molecule is c1c(-c2ccccc2-c2c3c(c(-c4cc5cccc6oc7cccc4c7c56)c4ccccc24)C=CCC3)cc2c(c#1)sc1ccccc12. The lowest BCUT2D eigenvalue weighted by Crippen LogP contribution is -2.03. The van der Waals surface area contributed by atoms with Crippen LogP contribution in [0.5, 0.6) is 0 Å². The summed E-state index contributed by atoms with van der Waals surface area (Å²) in [6, 6.07) is 51.3. The maximum absolute atomic E-state index is 6.36. The molecule has 2 heteroatoms. The Morgan fingerprint density at radius 2 is 1.29 bits per heavy atom. The van der Waals surface area contributed by atoms with Crippen LogP contribution in [0.25, 0.3) is 103 Å². The topological polar surface area (TPSA) is 13.1 Å². The van der Waals surface area contributed by atoms with E-state index in [4.69, 9.17) is 4.42 Å². The number of allylic oxidation sites excluding steroid dienone is 1. The maximum atomic E-state index is 6.36. The molecule has 222 valence electrons. The van der Waals surface area contributed by atoms with Crippen LogP contribution in [0.15, 0.2) is 132 Å². The van der Waals surface area contributed by atoms with Crippen molar-refractivity contribution in [3.8, 4) is 33.4 Å². The Balaban J connectivity index is 1.23.